The first-order valence-corrected chi connectivity index (χ1v) is 11.6. The average Bonchev–Trinajstić information content (AvgIpc) is 3.44. The van der Waals surface area contributed by atoms with Crippen molar-refractivity contribution in [1.29, 1.82) is 0 Å². The molecule has 0 amide bonds. The lowest BCUT2D eigenvalue weighted by atomic mass is 10.2. The van der Waals surface area contributed by atoms with Gasteiger partial charge >= 0.3 is 0 Å². The Kier molecular flexibility index (Phi) is 5.27. The average molecular weight is 491 g/mol. The molecule has 2 aromatic heterocycles. The Balaban J connectivity index is 1.51. The topological polar surface area (TPSA) is 131 Å². The molecular formula is C21H19F2N5O5S. The van der Waals surface area contributed by atoms with E-state index in [4.69, 9.17) is 14.0 Å². The van der Waals surface area contributed by atoms with Crippen molar-refractivity contribution in [3.05, 3.63) is 47.7 Å². The third-order valence-electron chi connectivity index (χ3n) is 5.38. The predicted molar refractivity (Wildman–Crippen MR) is 118 cm³/mol. The third-order valence-corrected chi connectivity index (χ3v) is 6.76. The maximum atomic E-state index is 15.3. The van der Waals surface area contributed by atoms with Gasteiger partial charge in [0.2, 0.25) is 0 Å². The van der Waals surface area contributed by atoms with Gasteiger partial charge in [-0.1, -0.05) is 5.16 Å². The fourth-order valence-corrected chi connectivity index (χ4v) is 4.75. The van der Waals surface area contributed by atoms with Gasteiger partial charge in [-0.05, 0) is 25.0 Å². The Bertz CT molecular complexity index is 1500. The van der Waals surface area contributed by atoms with E-state index in [9.17, 15) is 12.8 Å². The molecule has 0 saturated heterocycles. The highest BCUT2D eigenvalue weighted by Crippen LogP contribution is 2.42. The van der Waals surface area contributed by atoms with Gasteiger partial charge in [0.15, 0.2) is 28.8 Å². The molecule has 0 spiro atoms. The Hall–Kier alpha value is -3.87. The van der Waals surface area contributed by atoms with Gasteiger partial charge in [-0.3, -0.25) is 9.82 Å². The van der Waals surface area contributed by atoms with Gasteiger partial charge in [0, 0.05) is 29.8 Å². The van der Waals surface area contributed by atoms with E-state index in [1.54, 1.807) is 6.07 Å². The van der Waals surface area contributed by atoms with Crippen molar-refractivity contribution < 1.29 is 31.2 Å². The van der Waals surface area contributed by atoms with Crippen molar-refractivity contribution in [2.45, 2.75) is 23.7 Å². The van der Waals surface area contributed by atoms with Crippen LogP contribution in [0.2, 0.25) is 0 Å². The summed E-state index contributed by atoms with van der Waals surface area (Å²) >= 11 is 0. The lowest BCUT2D eigenvalue weighted by molar-refractivity contribution is 0.392. The molecule has 178 valence electrons. The van der Waals surface area contributed by atoms with Gasteiger partial charge in [0.25, 0.3) is 10.0 Å². The number of ether oxygens (including phenoxy) is 2. The third kappa shape index (κ3) is 3.87. The van der Waals surface area contributed by atoms with Crippen molar-refractivity contribution in [2.75, 3.05) is 24.3 Å². The number of aromatic nitrogens is 3. The molecule has 0 bridgehead atoms. The molecule has 0 unspecified atom stereocenters. The van der Waals surface area contributed by atoms with Crippen LogP contribution in [0, 0.1) is 11.6 Å². The quantitative estimate of drug-likeness (QED) is 0.333. The zero-order chi connectivity index (χ0) is 24.0. The number of nitrogens with one attached hydrogen (secondary N) is 3. The molecule has 2 aromatic carbocycles. The highest BCUT2D eigenvalue weighted by atomic mass is 32.2. The molecular weight excluding hydrogens is 472 g/mol. The number of sulfonamides is 1. The number of halogens is 2. The fourth-order valence-electron chi connectivity index (χ4n) is 3.59. The number of hydrogen-bond donors (Lipinski definition) is 3. The lowest BCUT2D eigenvalue weighted by Gasteiger charge is -2.12. The van der Waals surface area contributed by atoms with Gasteiger partial charge in [0.1, 0.15) is 21.8 Å². The maximum absolute atomic E-state index is 15.3. The zero-order valence-electron chi connectivity index (χ0n) is 18.0. The van der Waals surface area contributed by atoms with Crippen molar-refractivity contribution in [3.63, 3.8) is 0 Å². The van der Waals surface area contributed by atoms with Crippen LogP contribution >= 0.6 is 0 Å². The number of aromatic amines is 1. The Labute approximate surface area is 192 Å². The smallest absolute Gasteiger partial charge is 0.266 e. The van der Waals surface area contributed by atoms with Crippen LogP contribution in [-0.2, 0) is 10.0 Å². The van der Waals surface area contributed by atoms with E-state index in [1.807, 2.05) is 0 Å². The number of benzene rings is 2. The second-order valence-electron chi connectivity index (χ2n) is 7.68. The Morgan fingerprint density at radius 3 is 2.65 bits per heavy atom. The minimum Gasteiger partial charge on any atom is -0.495 e. The molecule has 2 heterocycles. The van der Waals surface area contributed by atoms with E-state index in [1.165, 1.54) is 20.3 Å². The van der Waals surface area contributed by atoms with Gasteiger partial charge in [0.05, 0.1) is 19.9 Å². The predicted octanol–water partition coefficient (Wildman–Crippen LogP) is 4.27. The second kappa shape index (κ2) is 8.17. The normalized spacial score (nSPS) is 13.8. The molecule has 0 aliphatic heterocycles. The van der Waals surface area contributed by atoms with E-state index >= 15 is 4.39 Å². The monoisotopic (exact) mass is 491 g/mol. The molecule has 1 saturated carbocycles. The lowest BCUT2D eigenvalue weighted by Crippen LogP contribution is -2.15. The summed E-state index contributed by atoms with van der Waals surface area (Å²) in [5.74, 6) is -1.43. The van der Waals surface area contributed by atoms with E-state index in [-0.39, 0.29) is 38.9 Å². The molecule has 1 aliphatic rings. The van der Waals surface area contributed by atoms with Gasteiger partial charge in [-0.25, -0.2) is 17.2 Å². The SMILES string of the molecule is COc1cc(F)ccc1S(=O)(=O)Nc1noc2cc(Nc3cc(C4CC4)[nH]n3)c(F)c(OC)c12. The largest absolute Gasteiger partial charge is 0.495 e. The molecule has 10 nitrogen and oxygen atoms in total. The summed E-state index contributed by atoms with van der Waals surface area (Å²) in [6, 6.07) is 6.06. The van der Waals surface area contributed by atoms with Crippen molar-refractivity contribution in [3.8, 4) is 11.5 Å². The maximum Gasteiger partial charge on any atom is 0.266 e. The first kappa shape index (κ1) is 21.9. The van der Waals surface area contributed by atoms with Gasteiger partial charge in [-0.15, -0.1) is 0 Å². The molecule has 4 aromatic rings. The Morgan fingerprint density at radius 2 is 1.94 bits per heavy atom. The highest BCUT2D eigenvalue weighted by molar-refractivity contribution is 7.92. The molecule has 0 atom stereocenters. The van der Waals surface area contributed by atoms with E-state index in [0.29, 0.717) is 11.7 Å². The van der Waals surface area contributed by atoms with Gasteiger partial charge < -0.3 is 19.3 Å². The van der Waals surface area contributed by atoms with Crippen LogP contribution in [0.25, 0.3) is 11.0 Å². The summed E-state index contributed by atoms with van der Waals surface area (Å²) in [6.45, 7) is 0. The molecule has 1 aliphatic carbocycles. The summed E-state index contributed by atoms with van der Waals surface area (Å²) < 4.78 is 72.3. The van der Waals surface area contributed by atoms with Crippen LogP contribution in [-0.4, -0.2) is 38.0 Å². The summed E-state index contributed by atoms with van der Waals surface area (Å²) in [6.07, 6.45) is 2.16. The number of hydrogen-bond acceptors (Lipinski definition) is 8. The van der Waals surface area contributed by atoms with Crippen LogP contribution in [0.4, 0.5) is 26.1 Å². The van der Waals surface area contributed by atoms with E-state index < -0.39 is 21.7 Å². The molecule has 13 heteroatoms. The van der Waals surface area contributed by atoms with Crippen molar-refractivity contribution in [1.82, 2.24) is 15.4 Å². The first-order valence-electron chi connectivity index (χ1n) is 10.1. The zero-order valence-corrected chi connectivity index (χ0v) is 18.8. The standard InChI is InChI=1S/C21H19F2N5O5S/c1-31-14-7-11(22)5-6-16(14)34(29,30)28-21-18-15(33-27-21)8-13(19(23)20(18)32-2)24-17-9-12(25-26-17)10-3-4-10/h5-10H,3-4H2,1-2H3,(H,27,28)(H2,24,25,26). The van der Waals surface area contributed by atoms with E-state index in [2.05, 4.69) is 25.4 Å². The number of H-pyrrole nitrogens is 1. The number of methoxy groups -OCH3 is 2. The minimum atomic E-state index is -4.30. The van der Waals surface area contributed by atoms with Crippen LogP contribution in [0.15, 0.2) is 39.8 Å². The summed E-state index contributed by atoms with van der Waals surface area (Å²) in [4.78, 5) is -0.338. The number of rotatable bonds is 8. The molecule has 1 fully saturated rings. The van der Waals surface area contributed by atoms with Crippen LogP contribution < -0.4 is 19.5 Å². The highest BCUT2D eigenvalue weighted by Gasteiger charge is 2.28. The number of fused-ring (bicyclic) bond motifs is 1. The Morgan fingerprint density at radius 1 is 1.15 bits per heavy atom. The molecule has 34 heavy (non-hydrogen) atoms. The van der Waals surface area contributed by atoms with Crippen molar-refractivity contribution >= 4 is 38.3 Å². The molecule has 5 rings (SSSR count). The van der Waals surface area contributed by atoms with Gasteiger partial charge in [-0.2, -0.15) is 5.10 Å². The van der Waals surface area contributed by atoms with Crippen LogP contribution in [0.3, 0.4) is 0 Å². The first-order chi connectivity index (χ1) is 16.3. The van der Waals surface area contributed by atoms with E-state index in [0.717, 1.165) is 36.7 Å². The second-order valence-corrected chi connectivity index (χ2v) is 9.33. The number of nitrogens with zero attached hydrogens (tertiary/aromatic N) is 2. The summed E-state index contributed by atoms with van der Waals surface area (Å²) in [5, 5.41) is 13.6. The summed E-state index contributed by atoms with van der Waals surface area (Å²) in [5.41, 5.74) is 1.02. The summed E-state index contributed by atoms with van der Waals surface area (Å²) in [7, 11) is -1.86. The van der Waals surface area contributed by atoms with Crippen molar-refractivity contribution in [2.24, 2.45) is 0 Å². The fraction of sp³-hybridized carbons (Fsp3) is 0.238. The van der Waals surface area contributed by atoms with Crippen LogP contribution in [0.5, 0.6) is 11.5 Å². The minimum absolute atomic E-state index is 0.00366. The molecule has 3 N–H and O–H groups in total. The molecule has 0 radical (unpaired) electrons. The van der Waals surface area contributed by atoms with Crippen LogP contribution in [0.1, 0.15) is 24.5 Å². The number of anilines is 3.